The first-order valence-corrected chi connectivity index (χ1v) is 9.69. The molecular weight excluding hydrogens is 429 g/mol. The van der Waals surface area contributed by atoms with Gasteiger partial charge in [-0.3, -0.25) is 4.79 Å². The molecule has 2 aromatic rings. The summed E-state index contributed by atoms with van der Waals surface area (Å²) in [5, 5.41) is 2.66. The lowest BCUT2D eigenvalue weighted by atomic mass is 9.75. The van der Waals surface area contributed by atoms with Gasteiger partial charge in [-0.05, 0) is 30.9 Å². The highest BCUT2D eigenvalue weighted by Gasteiger charge is 2.46. The summed E-state index contributed by atoms with van der Waals surface area (Å²) in [5.41, 5.74) is 0.510. The van der Waals surface area contributed by atoms with Crippen molar-refractivity contribution in [2.45, 2.75) is 42.7 Å². The number of carbonyl (C=O) groups is 1. The quantitative estimate of drug-likeness (QED) is 0.507. The van der Waals surface area contributed by atoms with Crippen LogP contribution in [0, 0.1) is 5.92 Å². The fourth-order valence-corrected chi connectivity index (χ4v) is 3.95. The highest BCUT2D eigenvalue weighted by Crippen LogP contribution is 2.47. The zero-order valence-electron chi connectivity index (χ0n) is 15.7. The fourth-order valence-electron chi connectivity index (χ4n) is 3.57. The molecule has 162 valence electrons. The first kappa shape index (κ1) is 22.4. The Balaban J connectivity index is 1.85. The summed E-state index contributed by atoms with van der Waals surface area (Å²) < 4.78 is 65.6. The zero-order valence-corrected chi connectivity index (χ0v) is 16.5. The van der Waals surface area contributed by atoms with Crippen molar-refractivity contribution >= 4 is 17.5 Å². The summed E-state index contributed by atoms with van der Waals surface area (Å²) >= 11 is 6.81. The van der Waals surface area contributed by atoms with Crippen molar-refractivity contribution in [1.82, 2.24) is 15.3 Å². The molecule has 0 bridgehead atoms. The molecule has 3 rings (SSSR count). The minimum atomic E-state index is -4.72. The van der Waals surface area contributed by atoms with Crippen LogP contribution in [0.1, 0.15) is 47.4 Å². The van der Waals surface area contributed by atoms with Crippen LogP contribution in [0.5, 0.6) is 0 Å². The van der Waals surface area contributed by atoms with Gasteiger partial charge in [-0.1, -0.05) is 18.2 Å². The van der Waals surface area contributed by atoms with Gasteiger partial charge in [0, 0.05) is 42.9 Å². The Labute approximate surface area is 174 Å². The van der Waals surface area contributed by atoms with Gasteiger partial charge in [0.1, 0.15) is 0 Å². The van der Waals surface area contributed by atoms with Crippen molar-refractivity contribution in [3.8, 4) is 0 Å². The molecule has 1 unspecified atom stereocenters. The summed E-state index contributed by atoms with van der Waals surface area (Å²) in [6, 6.07) is 8.28. The number of amides is 1. The second kappa shape index (κ2) is 8.45. The van der Waals surface area contributed by atoms with E-state index >= 15 is 0 Å². The molecule has 1 amide bonds. The second-order valence-electron chi connectivity index (χ2n) is 7.33. The summed E-state index contributed by atoms with van der Waals surface area (Å²) in [6.45, 7) is -0.173. The number of rotatable bonds is 5. The van der Waals surface area contributed by atoms with Crippen molar-refractivity contribution in [2.75, 3.05) is 6.54 Å². The van der Waals surface area contributed by atoms with Crippen LogP contribution >= 0.6 is 11.6 Å². The number of alkyl halides is 6. The Morgan fingerprint density at radius 2 is 1.67 bits per heavy atom. The predicted octanol–water partition coefficient (Wildman–Crippen LogP) is 5.19. The average Bonchev–Trinajstić information content (AvgIpc) is 2.72. The largest absolute Gasteiger partial charge is 0.451 e. The molecule has 30 heavy (non-hydrogen) atoms. The minimum Gasteiger partial charge on any atom is -0.350 e. The molecule has 0 spiro atoms. The van der Waals surface area contributed by atoms with Crippen molar-refractivity contribution in [3.05, 3.63) is 59.7 Å². The van der Waals surface area contributed by atoms with E-state index in [2.05, 4.69) is 15.3 Å². The number of nitrogens with zero attached hydrogens (tertiary/aromatic N) is 2. The standard InChI is InChI=1S/C20H19ClF5N3O/c21-19(14-6-8-18(22,23)9-7-14,12-29-16(30)13-4-2-1-3-5-13)15-10-27-17(28-11-15)20(24,25)26/h1-5,10-11,14H,6-9,12H2,(H,29,30). The molecule has 1 heterocycles. The summed E-state index contributed by atoms with van der Waals surface area (Å²) in [7, 11) is 0. The number of hydrogen-bond acceptors (Lipinski definition) is 3. The monoisotopic (exact) mass is 447 g/mol. The molecule has 1 aromatic carbocycles. The van der Waals surface area contributed by atoms with E-state index in [1.165, 1.54) is 0 Å². The maximum Gasteiger partial charge on any atom is 0.451 e. The van der Waals surface area contributed by atoms with E-state index < -0.39 is 34.6 Å². The van der Waals surface area contributed by atoms with Gasteiger partial charge in [0.25, 0.3) is 5.91 Å². The Morgan fingerprint density at radius 3 is 2.20 bits per heavy atom. The van der Waals surface area contributed by atoms with Crippen molar-refractivity contribution in [2.24, 2.45) is 5.92 Å². The summed E-state index contributed by atoms with van der Waals surface area (Å²) in [6.07, 6.45) is -3.49. The van der Waals surface area contributed by atoms with Crippen LogP contribution in [-0.4, -0.2) is 28.3 Å². The molecule has 1 fully saturated rings. The molecule has 10 heteroatoms. The van der Waals surface area contributed by atoms with Gasteiger partial charge in [0.15, 0.2) is 0 Å². The van der Waals surface area contributed by atoms with Gasteiger partial charge in [-0.2, -0.15) is 13.2 Å². The topological polar surface area (TPSA) is 54.9 Å². The van der Waals surface area contributed by atoms with E-state index in [1.807, 2.05) is 0 Å². The minimum absolute atomic E-state index is 0.0543. The van der Waals surface area contributed by atoms with Gasteiger partial charge < -0.3 is 5.32 Å². The van der Waals surface area contributed by atoms with Crippen molar-refractivity contribution in [3.63, 3.8) is 0 Å². The number of aromatic nitrogens is 2. The fraction of sp³-hybridized carbons (Fsp3) is 0.450. The van der Waals surface area contributed by atoms with Crippen LogP contribution in [0.3, 0.4) is 0 Å². The molecule has 0 aliphatic heterocycles. The molecule has 1 saturated carbocycles. The van der Waals surface area contributed by atoms with Gasteiger partial charge in [-0.15, -0.1) is 11.6 Å². The van der Waals surface area contributed by atoms with Crippen molar-refractivity contribution < 1.29 is 26.7 Å². The molecule has 1 aromatic heterocycles. The van der Waals surface area contributed by atoms with E-state index in [-0.39, 0.29) is 37.8 Å². The molecule has 1 N–H and O–H groups in total. The Hall–Kier alpha value is -2.29. The van der Waals surface area contributed by atoms with Crippen LogP contribution in [-0.2, 0) is 11.1 Å². The maximum absolute atomic E-state index is 13.6. The summed E-state index contributed by atoms with van der Waals surface area (Å²) in [4.78, 5) is 17.7. The average molecular weight is 448 g/mol. The molecule has 4 nitrogen and oxygen atoms in total. The summed E-state index contributed by atoms with van der Waals surface area (Å²) in [5.74, 6) is -5.07. The predicted molar refractivity (Wildman–Crippen MR) is 100 cm³/mol. The zero-order chi connectivity index (χ0) is 22.0. The molecule has 1 aliphatic rings. The van der Waals surface area contributed by atoms with Gasteiger partial charge in [-0.25, -0.2) is 18.7 Å². The number of nitrogens with one attached hydrogen (secondary N) is 1. The van der Waals surface area contributed by atoms with Crippen LogP contribution in [0.15, 0.2) is 42.7 Å². The highest BCUT2D eigenvalue weighted by atomic mass is 35.5. The van der Waals surface area contributed by atoms with Crippen LogP contribution < -0.4 is 5.32 Å². The lowest BCUT2D eigenvalue weighted by molar-refractivity contribution is -0.145. The molecule has 1 atom stereocenters. The van der Waals surface area contributed by atoms with Gasteiger partial charge in [0.05, 0.1) is 4.87 Å². The van der Waals surface area contributed by atoms with Gasteiger partial charge in [0.2, 0.25) is 11.7 Å². The van der Waals surface area contributed by atoms with E-state index in [1.54, 1.807) is 30.3 Å². The number of benzene rings is 1. The molecule has 0 saturated heterocycles. The highest BCUT2D eigenvalue weighted by molar-refractivity contribution is 6.24. The van der Waals surface area contributed by atoms with Crippen LogP contribution in [0.25, 0.3) is 0 Å². The third-order valence-electron chi connectivity index (χ3n) is 5.29. The molecular formula is C20H19ClF5N3O. The molecule has 1 aliphatic carbocycles. The van der Waals surface area contributed by atoms with Crippen LogP contribution in [0.2, 0.25) is 0 Å². The Bertz CT molecular complexity index is 866. The SMILES string of the molecule is O=C(NCC(Cl)(c1cnc(C(F)(F)F)nc1)C1CCC(F)(F)CC1)c1ccccc1. The normalized spacial score (nSPS) is 19.1. The van der Waals surface area contributed by atoms with Gasteiger partial charge >= 0.3 is 6.18 Å². The lowest BCUT2D eigenvalue weighted by Crippen LogP contribution is -2.44. The number of hydrogen-bond donors (Lipinski definition) is 1. The van der Waals surface area contributed by atoms with E-state index in [9.17, 15) is 26.7 Å². The molecule has 0 radical (unpaired) electrons. The van der Waals surface area contributed by atoms with E-state index in [4.69, 9.17) is 11.6 Å². The Morgan fingerprint density at radius 1 is 1.10 bits per heavy atom. The van der Waals surface area contributed by atoms with E-state index in [0.717, 1.165) is 12.4 Å². The van der Waals surface area contributed by atoms with E-state index in [0.29, 0.717) is 5.56 Å². The first-order valence-electron chi connectivity index (χ1n) is 9.31. The Kier molecular flexibility index (Phi) is 6.31. The second-order valence-corrected chi connectivity index (χ2v) is 8.01. The van der Waals surface area contributed by atoms with Crippen LogP contribution in [0.4, 0.5) is 22.0 Å². The smallest absolute Gasteiger partial charge is 0.350 e. The third kappa shape index (κ3) is 5.06. The lowest BCUT2D eigenvalue weighted by Gasteiger charge is -2.40. The third-order valence-corrected chi connectivity index (χ3v) is 5.95. The number of carbonyl (C=O) groups excluding carboxylic acids is 1. The maximum atomic E-state index is 13.6. The first-order chi connectivity index (χ1) is 14.0. The van der Waals surface area contributed by atoms with Crippen molar-refractivity contribution in [1.29, 1.82) is 0 Å². The number of halogens is 6.